The maximum atomic E-state index is 12.0. The lowest BCUT2D eigenvalue weighted by Crippen LogP contribution is -2.51. The molecule has 1 amide bonds. The SMILES string of the molecule is CNC(C)(C)C(=O)N(C)c1ccc(C)o1. The van der Waals surface area contributed by atoms with E-state index in [1.807, 2.05) is 26.8 Å². The van der Waals surface area contributed by atoms with Crippen molar-refractivity contribution in [2.75, 3.05) is 19.0 Å². The predicted octanol–water partition coefficient (Wildman–Crippen LogP) is 1.55. The number of nitrogens with one attached hydrogen (secondary N) is 1. The number of amides is 1. The zero-order valence-electron chi connectivity index (χ0n) is 9.92. The van der Waals surface area contributed by atoms with Crippen LogP contribution in [0.25, 0.3) is 0 Å². The molecule has 4 nitrogen and oxygen atoms in total. The Kier molecular flexibility index (Phi) is 3.19. The molecule has 1 aromatic rings. The summed E-state index contributed by atoms with van der Waals surface area (Å²) in [5.74, 6) is 1.34. The Hall–Kier alpha value is -1.29. The van der Waals surface area contributed by atoms with Gasteiger partial charge in [0.15, 0.2) is 0 Å². The second-order valence-corrected chi connectivity index (χ2v) is 4.12. The summed E-state index contributed by atoms with van der Waals surface area (Å²) in [4.78, 5) is 13.5. The molecule has 1 N–H and O–H groups in total. The molecule has 0 aliphatic heterocycles. The highest BCUT2D eigenvalue weighted by molar-refractivity contribution is 5.98. The van der Waals surface area contributed by atoms with Gasteiger partial charge in [-0.25, -0.2) is 0 Å². The van der Waals surface area contributed by atoms with Gasteiger partial charge < -0.3 is 9.73 Å². The van der Waals surface area contributed by atoms with Crippen LogP contribution in [0.1, 0.15) is 19.6 Å². The van der Waals surface area contributed by atoms with Crippen molar-refractivity contribution in [2.24, 2.45) is 0 Å². The molecule has 1 heterocycles. The minimum absolute atomic E-state index is 0.0284. The third-order valence-electron chi connectivity index (χ3n) is 2.52. The Morgan fingerprint density at radius 1 is 1.47 bits per heavy atom. The molecule has 0 aromatic carbocycles. The number of carbonyl (C=O) groups is 1. The van der Waals surface area contributed by atoms with Crippen molar-refractivity contribution in [3.05, 3.63) is 17.9 Å². The predicted molar refractivity (Wildman–Crippen MR) is 60.0 cm³/mol. The molecule has 0 saturated heterocycles. The standard InChI is InChI=1S/C11H18N2O2/c1-8-6-7-9(15-8)13(5)10(14)11(2,3)12-4/h6-7,12H,1-5H3. The van der Waals surface area contributed by atoms with Crippen LogP contribution in [0.2, 0.25) is 0 Å². The largest absolute Gasteiger partial charge is 0.445 e. The number of hydrogen-bond acceptors (Lipinski definition) is 3. The third-order valence-corrected chi connectivity index (χ3v) is 2.52. The van der Waals surface area contributed by atoms with E-state index < -0.39 is 5.54 Å². The Balaban J connectivity index is 2.86. The molecule has 0 fully saturated rings. The molecule has 84 valence electrons. The van der Waals surface area contributed by atoms with Crippen LogP contribution in [-0.4, -0.2) is 25.5 Å². The van der Waals surface area contributed by atoms with Crippen molar-refractivity contribution < 1.29 is 9.21 Å². The van der Waals surface area contributed by atoms with Crippen LogP contribution in [0, 0.1) is 6.92 Å². The minimum atomic E-state index is -0.588. The van der Waals surface area contributed by atoms with Gasteiger partial charge in [-0.3, -0.25) is 9.69 Å². The van der Waals surface area contributed by atoms with Gasteiger partial charge in [-0.05, 0) is 33.9 Å². The van der Waals surface area contributed by atoms with Crippen LogP contribution in [0.5, 0.6) is 0 Å². The van der Waals surface area contributed by atoms with Gasteiger partial charge in [-0.15, -0.1) is 0 Å². The highest BCUT2D eigenvalue weighted by Gasteiger charge is 2.30. The van der Waals surface area contributed by atoms with Crippen molar-refractivity contribution in [3.8, 4) is 0 Å². The van der Waals surface area contributed by atoms with E-state index in [-0.39, 0.29) is 5.91 Å². The van der Waals surface area contributed by atoms with Crippen molar-refractivity contribution in [2.45, 2.75) is 26.3 Å². The highest BCUT2D eigenvalue weighted by Crippen LogP contribution is 2.19. The van der Waals surface area contributed by atoms with E-state index in [0.29, 0.717) is 5.88 Å². The summed E-state index contributed by atoms with van der Waals surface area (Å²) in [6.07, 6.45) is 0. The van der Waals surface area contributed by atoms with Gasteiger partial charge in [0.1, 0.15) is 5.76 Å². The first kappa shape index (κ1) is 11.8. The quantitative estimate of drug-likeness (QED) is 0.823. The van der Waals surface area contributed by atoms with E-state index >= 15 is 0 Å². The topological polar surface area (TPSA) is 45.5 Å². The van der Waals surface area contributed by atoms with Crippen molar-refractivity contribution in [1.82, 2.24) is 5.32 Å². The summed E-state index contributed by atoms with van der Waals surface area (Å²) < 4.78 is 5.38. The number of rotatable bonds is 3. The van der Waals surface area contributed by atoms with Gasteiger partial charge >= 0.3 is 0 Å². The Morgan fingerprint density at radius 3 is 2.47 bits per heavy atom. The fourth-order valence-corrected chi connectivity index (χ4v) is 1.23. The second-order valence-electron chi connectivity index (χ2n) is 4.12. The lowest BCUT2D eigenvalue weighted by atomic mass is 10.0. The molecule has 0 bridgehead atoms. The number of anilines is 1. The van der Waals surface area contributed by atoms with Crippen LogP contribution in [-0.2, 0) is 4.79 Å². The first-order valence-electron chi connectivity index (χ1n) is 4.92. The van der Waals surface area contributed by atoms with Gasteiger partial charge in [-0.2, -0.15) is 0 Å². The number of likely N-dealkylation sites (N-methyl/N-ethyl adjacent to an activating group) is 2. The minimum Gasteiger partial charge on any atom is -0.445 e. The summed E-state index contributed by atoms with van der Waals surface area (Å²) >= 11 is 0. The maximum Gasteiger partial charge on any atom is 0.248 e. The number of furan rings is 1. The van der Waals surface area contributed by atoms with E-state index in [0.717, 1.165) is 5.76 Å². The number of hydrogen-bond donors (Lipinski definition) is 1. The lowest BCUT2D eigenvalue weighted by molar-refractivity contribution is -0.123. The van der Waals surface area contributed by atoms with Gasteiger partial charge in [-0.1, -0.05) is 0 Å². The molecule has 0 radical (unpaired) electrons. The summed E-state index contributed by atoms with van der Waals surface area (Å²) in [6, 6.07) is 3.63. The molecule has 0 aliphatic carbocycles. The maximum absolute atomic E-state index is 12.0. The molecule has 15 heavy (non-hydrogen) atoms. The zero-order chi connectivity index (χ0) is 11.6. The van der Waals surface area contributed by atoms with E-state index in [9.17, 15) is 4.79 Å². The Labute approximate surface area is 90.3 Å². The van der Waals surface area contributed by atoms with E-state index in [4.69, 9.17) is 4.42 Å². The van der Waals surface area contributed by atoms with E-state index in [2.05, 4.69) is 5.32 Å². The van der Waals surface area contributed by atoms with Crippen molar-refractivity contribution in [1.29, 1.82) is 0 Å². The molecular formula is C11H18N2O2. The Morgan fingerprint density at radius 2 is 2.07 bits per heavy atom. The van der Waals surface area contributed by atoms with Crippen LogP contribution in [0.15, 0.2) is 16.5 Å². The zero-order valence-corrected chi connectivity index (χ0v) is 9.92. The lowest BCUT2D eigenvalue weighted by Gasteiger charge is -2.27. The second kappa shape index (κ2) is 4.06. The highest BCUT2D eigenvalue weighted by atomic mass is 16.4. The summed E-state index contributed by atoms with van der Waals surface area (Å²) in [6.45, 7) is 5.52. The van der Waals surface area contributed by atoms with Crippen molar-refractivity contribution in [3.63, 3.8) is 0 Å². The van der Waals surface area contributed by atoms with Crippen LogP contribution < -0.4 is 10.2 Å². The number of carbonyl (C=O) groups excluding carboxylic acids is 1. The third kappa shape index (κ3) is 2.39. The summed E-state index contributed by atoms with van der Waals surface area (Å²) in [7, 11) is 3.47. The van der Waals surface area contributed by atoms with Gasteiger partial charge in [0.2, 0.25) is 11.8 Å². The molecule has 0 atom stereocenters. The Bertz CT molecular complexity index is 355. The molecule has 0 aliphatic rings. The van der Waals surface area contributed by atoms with Crippen LogP contribution in [0.4, 0.5) is 5.88 Å². The van der Waals surface area contributed by atoms with Gasteiger partial charge in [0.25, 0.3) is 0 Å². The van der Waals surface area contributed by atoms with Crippen LogP contribution in [0.3, 0.4) is 0 Å². The monoisotopic (exact) mass is 210 g/mol. The molecule has 0 unspecified atom stereocenters. The summed E-state index contributed by atoms with van der Waals surface area (Å²) in [5.41, 5.74) is -0.588. The average molecular weight is 210 g/mol. The first-order valence-corrected chi connectivity index (χ1v) is 4.92. The normalized spacial score (nSPS) is 11.5. The summed E-state index contributed by atoms with van der Waals surface area (Å²) in [5, 5.41) is 2.97. The van der Waals surface area contributed by atoms with Crippen LogP contribution >= 0.6 is 0 Å². The smallest absolute Gasteiger partial charge is 0.248 e. The molecule has 1 rings (SSSR count). The van der Waals surface area contributed by atoms with Crippen molar-refractivity contribution >= 4 is 11.8 Å². The molecule has 0 spiro atoms. The molecule has 4 heteroatoms. The first-order chi connectivity index (χ1) is 6.88. The molecular weight excluding hydrogens is 192 g/mol. The average Bonchev–Trinajstić information content (AvgIpc) is 2.62. The fraction of sp³-hybridized carbons (Fsp3) is 0.545. The van der Waals surface area contributed by atoms with E-state index in [1.54, 1.807) is 20.2 Å². The molecule has 0 saturated carbocycles. The molecule has 1 aromatic heterocycles. The fourth-order valence-electron chi connectivity index (χ4n) is 1.23. The van der Waals surface area contributed by atoms with Gasteiger partial charge in [0, 0.05) is 13.1 Å². The number of nitrogens with zero attached hydrogens (tertiary/aromatic N) is 1. The van der Waals surface area contributed by atoms with Gasteiger partial charge in [0.05, 0.1) is 5.54 Å². The number of aryl methyl sites for hydroxylation is 1. The van der Waals surface area contributed by atoms with E-state index in [1.165, 1.54) is 4.90 Å².